The van der Waals surface area contributed by atoms with Crippen molar-refractivity contribution < 1.29 is 22.7 Å². The van der Waals surface area contributed by atoms with Crippen LogP contribution in [0.2, 0.25) is 0 Å². The lowest BCUT2D eigenvalue weighted by Gasteiger charge is -2.28. The third-order valence-electron chi connectivity index (χ3n) is 2.64. The maximum Gasteiger partial charge on any atom is 0.421 e. The maximum atomic E-state index is 11.9. The summed E-state index contributed by atoms with van der Waals surface area (Å²) >= 11 is 0. The highest BCUT2D eigenvalue weighted by Crippen LogP contribution is 1.99. The van der Waals surface area contributed by atoms with E-state index in [0.717, 1.165) is 11.4 Å². The van der Waals surface area contributed by atoms with Gasteiger partial charge in [-0.3, -0.25) is 4.79 Å². The van der Waals surface area contributed by atoms with Crippen LogP contribution >= 0.6 is 0 Å². The summed E-state index contributed by atoms with van der Waals surface area (Å²) in [5, 5.41) is 3.09. The third kappa shape index (κ3) is 4.65. The molecule has 2 N–H and O–H groups in total. The van der Waals surface area contributed by atoms with Gasteiger partial charge in [0.1, 0.15) is 0 Å². The third-order valence-corrected chi connectivity index (χ3v) is 4.01. The standard InChI is InChI=1S/C9H18N4O5S/c1-12(19(16,17)11-9(15)18-2)7-8(14)13-5-3-10-4-6-13/h10H,3-7H2,1-2H3,(H,11,15). The van der Waals surface area contributed by atoms with Gasteiger partial charge < -0.3 is 15.0 Å². The van der Waals surface area contributed by atoms with Crippen LogP contribution in [0.15, 0.2) is 0 Å². The Morgan fingerprint density at radius 1 is 1.37 bits per heavy atom. The van der Waals surface area contributed by atoms with Crippen LogP contribution in [0.25, 0.3) is 0 Å². The molecule has 0 aromatic carbocycles. The second kappa shape index (κ2) is 6.68. The second-order valence-corrected chi connectivity index (χ2v) is 5.76. The molecule has 19 heavy (non-hydrogen) atoms. The molecule has 0 radical (unpaired) electrons. The highest BCUT2D eigenvalue weighted by molar-refractivity contribution is 7.87. The second-order valence-electron chi connectivity index (χ2n) is 3.99. The van der Waals surface area contributed by atoms with E-state index in [9.17, 15) is 18.0 Å². The highest BCUT2D eigenvalue weighted by Gasteiger charge is 2.25. The molecule has 0 aliphatic carbocycles. The van der Waals surface area contributed by atoms with Crippen LogP contribution in [-0.4, -0.2) is 76.5 Å². The Morgan fingerprint density at radius 3 is 2.47 bits per heavy atom. The van der Waals surface area contributed by atoms with E-state index in [1.165, 1.54) is 7.05 Å². The van der Waals surface area contributed by atoms with E-state index in [-0.39, 0.29) is 12.5 Å². The summed E-state index contributed by atoms with van der Waals surface area (Å²) < 4.78 is 29.9. The minimum Gasteiger partial charge on any atom is -0.452 e. The van der Waals surface area contributed by atoms with Crippen molar-refractivity contribution in [3.8, 4) is 0 Å². The summed E-state index contributed by atoms with van der Waals surface area (Å²) in [5.74, 6) is -0.306. The monoisotopic (exact) mass is 294 g/mol. The minimum atomic E-state index is -4.06. The molecule has 0 atom stereocenters. The summed E-state index contributed by atoms with van der Waals surface area (Å²) in [7, 11) is -1.79. The maximum absolute atomic E-state index is 11.9. The van der Waals surface area contributed by atoms with E-state index in [2.05, 4.69) is 10.1 Å². The normalized spacial score (nSPS) is 16.3. The van der Waals surface area contributed by atoms with Gasteiger partial charge in [0.05, 0.1) is 13.7 Å². The number of carbonyl (C=O) groups is 2. The Morgan fingerprint density at radius 2 is 1.95 bits per heavy atom. The molecule has 9 nitrogen and oxygen atoms in total. The number of amides is 2. The summed E-state index contributed by atoms with van der Waals surface area (Å²) in [5.41, 5.74) is 0. The molecule has 1 saturated heterocycles. The summed E-state index contributed by atoms with van der Waals surface area (Å²) in [6.45, 7) is 2.12. The molecule has 10 heteroatoms. The zero-order valence-electron chi connectivity index (χ0n) is 10.9. The first-order valence-electron chi connectivity index (χ1n) is 5.67. The van der Waals surface area contributed by atoms with Crippen molar-refractivity contribution in [3.05, 3.63) is 0 Å². The van der Waals surface area contributed by atoms with Crippen molar-refractivity contribution in [2.75, 3.05) is 46.9 Å². The number of hydrogen-bond acceptors (Lipinski definition) is 6. The average Bonchev–Trinajstić information content (AvgIpc) is 2.39. The molecule has 0 aromatic rings. The summed E-state index contributed by atoms with van der Waals surface area (Å²) in [6.07, 6.45) is -1.10. The van der Waals surface area contributed by atoms with Crippen molar-refractivity contribution in [2.45, 2.75) is 0 Å². The fraction of sp³-hybridized carbons (Fsp3) is 0.778. The van der Waals surface area contributed by atoms with Gasteiger partial charge in [-0.15, -0.1) is 0 Å². The fourth-order valence-electron chi connectivity index (χ4n) is 1.51. The quantitative estimate of drug-likeness (QED) is 0.618. The van der Waals surface area contributed by atoms with Gasteiger partial charge in [-0.2, -0.15) is 12.7 Å². The van der Waals surface area contributed by atoms with E-state index in [1.807, 2.05) is 0 Å². The Balaban J connectivity index is 2.55. The number of likely N-dealkylation sites (N-methyl/N-ethyl adjacent to an activating group) is 1. The van der Waals surface area contributed by atoms with E-state index in [0.29, 0.717) is 26.2 Å². The zero-order chi connectivity index (χ0) is 14.5. The first kappa shape index (κ1) is 15.7. The molecule has 110 valence electrons. The lowest BCUT2D eigenvalue weighted by molar-refractivity contribution is -0.131. The van der Waals surface area contributed by atoms with Crippen molar-refractivity contribution in [2.24, 2.45) is 0 Å². The molecule has 1 fully saturated rings. The van der Waals surface area contributed by atoms with Gasteiger partial charge in [-0.05, 0) is 0 Å². The van der Waals surface area contributed by atoms with Gasteiger partial charge in [-0.1, -0.05) is 0 Å². The largest absolute Gasteiger partial charge is 0.452 e. The topological polar surface area (TPSA) is 108 Å². The van der Waals surface area contributed by atoms with Crippen molar-refractivity contribution in [1.82, 2.24) is 19.2 Å². The Kier molecular flexibility index (Phi) is 5.51. The molecule has 1 aliphatic rings. The molecule has 1 aliphatic heterocycles. The number of nitrogens with zero attached hydrogens (tertiary/aromatic N) is 2. The molecule has 2 amide bonds. The smallest absolute Gasteiger partial charge is 0.421 e. The van der Waals surface area contributed by atoms with E-state index in [1.54, 1.807) is 9.62 Å². The number of hydrogen-bond donors (Lipinski definition) is 2. The van der Waals surface area contributed by atoms with Crippen LogP contribution in [0.1, 0.15) is 0 Å². The highest BCUT2D eigenvalue weighted by atomic mass is 32.2. The van der Waals surface area contributed by atoms with Crippen LogP contribution < -0.4 is 10.0 Å². The van der Waals surface area contributed by atoms with Crippen LogP contribution in [0.5, 0.6) is 0 Å². The van der Waals surface area contributed by atoms with E-state index < -0.39 is 16.3 Å². The summed E-state index contributed by atoms with van der Waals surface area (Å²) in [6, 6.07) is 0. The Bertz CT molecular complexity index is 432. The Hall–Kier alpha value is -1.39. The fourth-order valence-corrected chi connectivity index (χ4v) is 2.24. The van der Waals surface area contributed by atoms with Gasteiger partial charge >= 0.3 is 16.3 Å². The molecule has 0 unspecified atom stereocenters. The van der Waals surface area contributed by atoms with Crippen LogP contribution in [0.3, 0.4) is 0 Å². The van der Waals surface area contributed by atoms with Gasteiger partial charge in [0.2, 0.25) is 5.91 Å². The molecule has 1 heterocycles. The first-order valence-corrected chi connectivity index (χ1v) is 7.11. The number of nitrogens with one attached hydrogen (secondary N) is 2. The zero-order valence-corrected chi connectivity index (χ0v) is 11.7. The first-order chi connectivity index (χ1) is 8.86. The van der Waals surface area contributed by atoms with E-state index >= 15 is 0 Å². The lowest BCUT2D eigenvalue weighted by atomic mass is 10.3. The lowest BCUT2D eigenvalue weighted by Crippen LogP contribution is -2.51. The number of piperazine rings is 1. The predicted octanol–water partition coefficient (Wildman–Crippen LogP) is -2.05. The predicted molar refractivity (Wildman–Crippen MR) is 66.5 cm³/mol. The molecule has 0 aromatic heterocycles. The van der Waals surface area contributed by atoms with Gasteiger partial charge in [0.15, 0.2) is 0 Å². The molecular weight excluding hydrogens is 276 g/mol. The van der Waals surface area contributed by atoms with Gasteiger partial charge in [0.25, 0.3) is 0 Å². The number of rotatable bonds is 4. The number of methoxy groups -OCH3 is 1. The minimum absolute atomic E-state index is 0.306. The average molecular weight is 294 g/mol. The molecule has 1 rings (SSSR count). The SMILES string of the molecule is COC(=O)NS(=O)(=O)N(C)CC(=O)N1CCNCC1. The van der Waals surface area contributed by atoms with Crippen molar-refractivity contribution in [1.29, 1.82) is 0 Å². The summed E-state index contributed by atoms with van der Waals surface area (Å²) in [4.78, 5) is 24.3. The molecule has 0 saturated carbocycles. The van der Waals surface area contributed by atoms with Gasteiger partial charge in [-0.25, -0.2) is 9.52 Å². The van der Waals surface area contributed by atoms with Crippen LogP contribution in [0, 0.1) is 0 Å². The number of carbonyl (C=O) groups excluding carboxylic acids is 2. The number of ether oxygens (including phenoxy) is 1. The van der Waals surface area contributed by atoms with Crippen LogP contribution in [0.4, 0.5) is 4.79 Å². The van der Waals surface area contributed by atoms with Gasteiger partial charge in [0, 0.05) is 33.2 Å². The molecule has 0 spiro atoms. The molecular formula is C9H18N4O5S. The van der Waals surface area contributed by atoms with Crippen LogP contribution in [-0.2, 0) is 19.7 Å². The van der Waals surface area contributed by atoms with Crippen molar-refractivity contribution in [3.63, 3.8) is 0 Å². The molecule has 0 bridgehead atoms. The Labute approximate surface area is 112 Å². The van der Waals surface area contributed by atoms with E-state index in [4.69, 9.17) is 0 Å². The van der Waals surface area contributed by atoms with Crippen molar-refractivity contribution >= 4 is 22.2 Å².